The summed E-state index contributed by atoms with van der Waals surface area (Å²) < 4.78 is 0. The van der Waals surface area contributed by atoms with Crippen molar-refractivity contribution in [3.05, 3.63) is 11.1 Å². The zero-order valence-electron chi connectivity index (χ0n) is 12.3. The number of nitrogens with one attached hydrogen (secondary N) is 1. The molecule has 2 aliphatic carbocycles. The molecule has 0 spiro atoms. The summed E-state index contributed by atoms with van der Waals surface area (Å²) in [5, 5.41) is 4.22. The Morgan fingerprint density at radius 3 is 2.62 bits per heavy atom. The highest BCUT2D eigenvalue weighted by Crippen LogP contribution is 2.38. The van der Waals surface area contributed by atoms with E-state index in [-0.39, 0.29) is 23.7 Å². The standard InChI is InChI=1S/C16H23ClN2O2/c17-11-6-7-13-14(10-11)16(21)19(15(13)20)9-8-18-12-4-2-1-3-5-12/h6,12-14,18H,1-5,7-10H2/t13-,14+/m0/s1. The van der Waals surface area contributed by atoms with Gasteiger partial charge in [-0.25, -0.2) is 0 Å². The van der Waals surface area contributed by atoms with E-state index >= 15 is 0 Å². The predicted molar refractivity (Wildman–Crippen MR) is 81.7 cm³/mol. The summed E-state index contributed by atoms with van der Waals surface area (Å²) in [6.45, 7) is 1.21. The second-order valence-electron chi connectivity index (χ2n) is 6.42. The number of carbonyl (C=O) groups is 2. The molecule has 1 N–H and O–H groups in total. The number of hydrogen-bond acceptors (Lipinski definition) is 3. The topological polar surface area (TPSA) is 49.4 Å². The molecule has 2 fully saturated rings. The van der Waals surface area contributed by atoms with Gasteiger partial charge in [-0.05, 0) is 25.7 Å². The number of likely N-dealkylation sites (tertiary alicyclic amines) is 1. The van der Waals surface area contributed by atoms with Crippen molar-refractivity contribution < 1.29 is 9.59 Å². The van der Waals surface area contributed by atoms with Gasteiger partial charge >= 0.3 is 0 Å². The average molecular weight is 311 g/mol. The van der Waals surface area contributed by atoms with Crippen LogP contribution < -0.4 is 5.32 Å². The lowest BCUT2D eigenvalue weighted by atomic mass is 9.85. The van der Waals surface area contributed by atoms with Gasteiger partial charge in [0.15, 0.2) is 0 Å². The van der Waals surface area contributed by atoms with E-state index in [0.717, 1.165) is 5.03 Å². The van der Waals surface area contributed by atoms with E-state index < -0.39 is 0 Å². The first kappa shape index (κ1) is 15.0. The predicted octanol–water partition coefficient (Wildman–Crippen LogP) is 2.43. The molecule has 2 atom stereocenters. The van der Waals surface area contributed by atoms with Crippen LogP contribution in [0.4, 0.5) is 0 Å². The number of amides is 2. The summed E-state index contributed by atoms with van der Waals surface area (Å²) in [7, 11) is 0. The largest absolute Gasteiger partial charge is 0.312 e. The summed E-state index contributed by atoms with van der Waals surface area (Å²) in [5.41, 5.74) is 0. The molecule has 4 nitrogen and oxygen atoms in total. The van der Waals surface area contributed by atoms with Crippen LogP contribution in [0.3, 0.4) is 0 Å². The molecule has 0 aromatic heterocycles. The first-order valence-electron chi connectivity index (χ1n) is 8.10. The summed E-state index contributed by atoms with van der Waals surface area (Å²) in [5.74, 6) is -0.420. The van der Waals surface area contributed by atoms with Gasteiger partial charge in [0.05, 0.1) is 11.8 Å². The van der Waals surface area contributed by atoms with Crippen molar-refractivity contribution in [2.24, 2.45) is 11.8 Å². The second kappa shape index (κ2) is 6.49. The maximum atomic E-state index is 12.4. The van der Waals surface area contributed by atoms with E-state index in [4.69, 9.17) is 11.6 Å². The van der Waals surface area contributed by atoms with Crippen molar-refractivity contribution in [1.82, 2.24) is 10.2 Å². The number of fused-ring (bicyclic) bond motifs is 1. The number of halogens is 1. The van der Waals surface area contributed by atoms with Crippen molar-refractivity contribution in [3.8, 4) is 0 Å². The van der Waals surface area contributed by atoms with E-state index in [9.17, 15) is 9.59 Å². The molecule has 0 aromatic rings. The zero-order valence-corrected chi connectivity index (χ0v) is 13.1. The third-order valence-electron chi connectivity index (χ3n) is 5.03. The highest BCUT2D eigenvalue weighted by atomic mass is 35.5. The molecule has 3 aliphatic rings. The molecular formula is C16H23ClN2O2. The lowest BCUT2D eigenvalue weighted by Gasteiger charge is -2.24. The van der Waals surface area contributed by atoms with Gasteiger partial charge in [-0.3, -0.25) is 14.5 Å². The number of carbonyl (C=O) groups excluding carboxylic acids is 2. The molecule has 0 radical (unpaired) electrons. The number of imide groups is 1. The molecule has 5 heteroatoms. The molecule has 1 aliphatic heterocycles. The fraction of sp³-hybridized carbons (Fsp3) is 0.750. The third kappa shape index (κ3) is 3.16. The van der Waals surface area contributed by atoms with Crippen molar-refractivity contribution in [2.45, 2.75) is 51.0 Å². The molecule has 1 saturated heterocycles. The van der Waals surface area contributed by atoms with Crippen LogP contribution in [0, 0.1) is 11.8 Å². The Balaban J connectivity index is 1.52. The molecule has 3 rings (SSSR count). The molecule has 2 amide bonds. The van der Waals surface area contributed by atoms with Gasteiger partial charge in [-0.2, -0.15) is 0 Å². The Morgan fingerprint density at radius 2 is 1.86 bits per heavy atom. The molecule has 116 valence electrons. The minimum absolute atomic E-state index is 0.00383. The second-order valence-corrected chi connectivity index (χ2v) is 6.91. The molecule has 21 heavy (non-hydrogen) atoms. The van der Waals surface area contributed by atoms with E-state index in [0.29, 0.717) is 32.0 Å². The molecule has 1 heterocycles. The van der Waals surface area contributed by atoms with Crippen LogP contribution in [-0.2, 0) is 9.59 Å². The van der Waals surface area contributed by atoms with Crippen LogP contribution in [0.15, 0.2) is 11.1 Å². The van der Waals surface area contributed by atoms with Crippen LogP contribution in [0.25, 0.3) is 0 Å². The molecule has 0 unspecified atom stereocenters. The minimum atomic E-state index is -0.218. The van der Waals surface area contributed by atoms with Gasteiger partial charge in [0.25, 0.3) is 0 Å². The van der Waals surface area contributed by atoms with Crippen molar-refractivity contribution in [3.63, 3.8) is 0 Å². The normalized spacial score (nSPS) is 30.5. The lowest BCUT2D eigenvalue weighted by molar-refractivity contribution is -0.139. The first-order valence-corrected chi connectivity index (χ1v) is 8.48. The number of hydrogen-bond donors (Lipinski definition) is 1. The Labute approximate surface area is 130 Å². The lowest BCUT2D eigenvalue weighted by Crippen LogP contribution is -2.40. The highest BCUT2D eigenvalue weighted by molar-refractivity contribution is 6.30. The monoisotopic (exact) mass is 310 g/mol. The van der Waals surface area contributed by atoms with Crippen LogP contribution in [0.2, 0.25) is 0 Å². The van der Waals surface area contributed by atoms with E-state index in [1.54, 1.807) is 0 Å². The van der Waals surface area contributed by atoms with Gasteiger partial charge in [0, 0.05) is 24.2 Å². The number of rotatable bonds is 4. The minimum Gasteiger partial charge on any atom is -0.312 e. The Kier molecular flexibility index (Phi) is 4.65. The Hall–Kier alpha value is -0.870. The van der Waals surface area contributed by atoms with Crippen LogP contribution in [0.5, 0.6) is 0 Å². The highest BCUT2D eigenvalue weighted by Gasteiger charge is 2.47. The van der Waals surface area contributed by atoms with Gasteiger partial charge in [-0.1, -0.05) is 36.9 Å². The van der Waals surface area contributed by atoms with Crippen LogP contribution in [0.1, 0.15) is 44.9 Å². The zero-order chi connectivity index (χ0) is 14.8. The van der Waals surface area contributed by atoms with Gasteiger partial charge in [0.2, 0.25) is 11.8 Å². The third-order valence-corrected chi connectivity index (χ3v) is 5.34. The van der Waals surface area contributed by atoms with Crippen molar-refractivity contribution in [2.75, 3.05) is 13.1 Å². The Morgan fingerprint density at radius 1 is 1.14 bits per heavy atom. The molecular weight excluding hydrogens is 288 g/mol. The smallest absolute Gasteiger partial charge is 0.233 e. The van der Waals surface area contributed by atoms with E-state index in [1.807, 2.05) is 6.08 Å². The van der Waals surface area contributed by atoms with Crippen molar-refractivity contribution >= 4 is 23.4 Å². The summed E-state index contributed by atoms with van der Waals surface area (Å²) in [6.07, 6.45) is 9.36. The van der Waals surface area contributed by atoms with E-state index in [1.165, 1.54) is 37.0 Å². The van der Waals surface area contributed by atoms with Crippen molar-refractivity contribution in [1.29, 1.82) is 0 Å². The van der Waals surface area contributed by atoms with E-state index in [2.05, 4.69) is 5.32 Å². The fourth-order valence-electron chi connectivity index (χ4n) is 3.80. The van der Waals surface area contributed by atoms with Crippen LogP contribution in [-0.4, -0.2) is 35.8 Å². The number of allylic oxidation sites excluding steroid dienone is 2. The molecule has 0 bridgehead atoms. The fourth-order valence-corrected chi connectivity index (χ4v) is 4.06. The molecule has 0 aromatic carbocycles. The van der Waals surface area contributed by atoms with Crippen LogP contribution >= 0.6 is 11.6 Å². The summed E-state index contributed by atoms with van der Waals surface area (Å²) in [6, 6.07) is 0.560. The SMILES string of the molecule is O=C1[C@H]2CC=C(Cl)C[C@H]2C(=O)N1CCNC1CCCCC1. The quantitative estimate of drug-likeness (QED) is 0.811. The Bertz CT molecular complexity index is 457. The van der Waals surface area contributed by atoms with Gasteiger partial charge < -0.3 is 5.32 Å². The maximum Gasteiger partial charge on any atom is 0.233 e. The average Bonchev–Trinajstić information content (AvgIpc) is 2.73. The summed E-state index contributed by atoms with van der Waals surface area (Å²) in [4.78, 5) is 26.2. The van der Waals surface area contributed by atoms with Gasteiger partial charge in [0.1, 0.15) is 0 Å². The number of nitrogens with zero attached hydrogens (tertiary/aromatic N) is 1. The van der Waals surface area contributed by atoms with Gasteiger partial charge in [-0.15, -0.1) is 0 Å². The first-order chi connectivity index (χ1) is 10.2. The maximum absolute atomic E-state index is 12.4. The summed E-state index contributed by atoms with van der Waals surface area (Å²) >= 11 is 6.02. The molecule has 1 saturated carbocycles.